The van der Waals surface area contributed by atoms with Gasteiger partial charge in [-0.15, -0.1) is 0 Å². The number of amides is 1. The molecule has 0 fully saturated rings. The second kappa shape index (κ2) is 5.45. The average molecular weight is 260 g/mol. The van der Waals surface area contributed by atoms with Gasteiger partial charge in [-0.2, -0.15) is 0 Å². The second-order valence-corrected chi connectivity index (χ2v) is 5.23. The number of nitrogens with two attached hydrogens (primary N) is 1. The Morgan fingerprint density at radius 1 is 1.37 bits per heavy atom. The van der Waals surface area contributed by atoms with Crippen molar-refractivity contribution in [2.75, 3.05) is 4.90 Å². The van der Waals surface area contributed by atoms with E-state index in [1.807, 2.05) is 39.0 Å². The fourth-order valence-electron chi connectivity index (χ4n) is 2.27. The smallest absolute Gasteiger partial charge is 0.214 e. The molecule has 1 unspecified atom stereocenters. The molecule has 102 valence electrons. The zero-order valence-corrected chi connectivity index (χ0v) is 11.6. The summed E-state index contributed by atoms with van der Waals surface area (Å²) in [5.41, 5.74) is 8.66. The van der Waals surface area contributed by atoms with E-state index in [-0.39, 0.29) is 12.1 Å². The zero-order valence-electron chi connectivity index (χ0n) is 11.6. The third-order valence-corrected chi connectivity index (χ3v) is 3.12. The van der Waals surface area contributed by atoms with Gasteiger partial charge in [0.15, 0.2) is 0 Å². The molecule has 0 saturated heterocycles. The van der Waals surface area contributed by atoms with Gasteiger partial charge in [0.25, 0.3) is 0 Å². The zero-order chi connectivity index (χ0) is 14.0. The SMILES string of the molecule is CC(N)Cc1cc(N(C=O)C(C)C)cc2ccoc12. The molecule has 0 aliphatic rings. The Labute approximate surface area is 113 Å². The topological polar surface area (TPSA) is 59.5 Å². The lowest BCUT2D eigenvalue weighted by Gasteiger charge is -2.22. The van der Waals surface area contributed by atoms with E-state index < -0.39 is 0 Å². The van der Waals surface area contributed by atoms with Crippen LogP contribution < -0.4 is 10.6 Å². The highest BCUT2D eigenvalue weighted by Crippen LogP contribution is 2.28. The molecule has 0 aliphatic carbocycles. The lowest BCUT2D eigenvalue weighted by atomic mass is 10.0. The van der Waals surface area contributed by atoms with Gasteiger partial charge < -0.3 is 15.1 Å². The fraction of sp³-hybridized carbons (Fsp3) is 0.400. The monoisotopic (exact) mass is 260 g/mol. The molecule has 0 radical (unpaired) electrons. The van der Waals surface area contributed by atoms with Crippen molar-refractivity contribution in [3.63, 3.8) is 0 Å². The van der Waals surface area contributed by atoms with Gasteiger partial charge in [0.1, 0.15) is 5.58 Å². The first-order valence-corrected chi connectivity index (χ1v) is 6.52. The molecule has 0 saturated carbocycles. The molecule has 2 aromatic rings. The molecule has 2 rings (SSSR count). The van der Waals surface area contributed by atoms with Gasteiger partial charge in [-0.1, -0.05) is 0 Å². The third-order valence-electron chi connectivity index (χ3n) is 3.12. The lowest BCUT2D eigenvalue weighted by molar-refractivity contribution is -0.107. The molecule has 0 spiro atoms. The minimum Gasteiger partial charge on any atom is -0.464 e. The second-order valence-electron chi connectivity index (χ2n) is 5.23. The summed E-state index contributed by atoms with van der Waals surface area (Å²) in [6, 6.07) is 6.03. The van der Waals surface area contributed by atoms with E-state index in [9.17, 15) is 4.79 Å². The number of benzene rings is 1. The van der Waals surface area contributed by atoms with E-state index in [4.69, 9.17) is 10.2 Å². The molecule has 0 aliphatic heterocycles. The predicted molar refractivity (Wildman–Crippen MR) is 77.2 cm³/mol. The molecule has 0 bridgehead atoms. The molecule has 1 aromatic carbocycles. The van der Waals surface area contributed by atoms with E-state index in [1.54, 1.807) is 11.2 Å². The summed E-state index contributed by atoms with van der Waals surface area (Å²) in [7, 11) is 0. The van der Waals surface area contributed by atoms with Crippen LogP contribution in [0.1, 0.15) is 26.3 Å². The Morgan fingerprint density at radius 3 is 2.68 bits per heavy atom. The van der Waals surface area contributed by atoms with E-state index >= 15 is 0 Å². The van der Waals surface area contributed by atoms with E-state index in [1.165, 1.54) is 0 Å². The highest BCUT2D eigenvalue weighted by atomic mass is 16.3. The van der Waals surface area contributed by atoms with Crippen LogP contribution in [0.4, 0.5) is 5.69 Å². The molecular formula is C15H20N2O2. The van der Waals surface area contributed by atoms with Gasteiger partial charge in [0, 0.05) is 23.2 Å². The molecule has 4 heteroatoms. The van der Waals surface area contributed by atoms with Crippen molar-refractivity contribution in [2.24, 2.45) is 5.73 Å². The van der Waals surface area contributed by atoms with Gasteiger partial charge in [0.2, 0.25) is 6.41 Å². The van der Waals surface area contributed by atoms with Crippen molar-refractivity contribution >= 4 is 23.1 Å². The van der Waals surface area contributed by atoms with E-state index in [2.05, 4.69) is 0 Å². The molecule has 1 heterocycles. The Kier molecular flexibility index (Phi) is 3.90. The van der Waals surface area contributed by atoms with Crippen molar-refractivity contribution < 1.29 is 9.21 Å². The number of carbonyl (C=O) groups excluding carboxylic acids is 1. The summed E-state index contributed by atoms with van der Waals surface area (Å²) in [6.07, 6.45) is 3.25. The van der Waals surface area contributed by atoms with Crippen molar-refractivity contribution in [3.8, 4) is 0 Å². The van der Waals surface area contributed by atoms with Crippen LogP contribution in [0, 0.1) is 0 Å². The van der Waals surface area contributed by atoms with Crippen LogP contribution in [-0.4, -0.2) is 18.5 Å². The van der Waals surface area contributed by atoms with Crippen LogP contribution >= 0.6 is 0 Å². The quantitative estimate of drug-likeness (QED) is 0.841. The van der Waals surface area contributed by atoms with Crippen LogP contribution in [-0.2, 0) is 11.2 Å². The highest BCUT2D eigenvalue weighted by molar-refractivity contribution is 5.88. The van der Waals surface area contributed by atoms with Gasteiger partial charge in [-0.25, -0.2) is 0 Å². The van der Waals surface area contributed by atoms with Gasteiger partial charge in [0.05, 0.1) is 6.26 Å². The predicted octanol–water partition coefficient (Wildman–Crippen LogP) is 2.69. The summed E-state index contributed by atoms with van der Waals surface area (Å²) in [5, 5.41) is 1.00. The number of furan rings is 1. The van der Waals surface area contributed by atoms with Crippen LogP contribution in [0.25, 0.3) is 11.0 Å². The number of carbonyl (C=O) groups is 1. The van der Waals surface area contributed by atoms with Crippen LogP contribution in [0.2, 0.25) is 0 Å². The number of hydrogen-bond donors (Lipinski definition) is 1. The Balaban J connectivity index is 2.53. The molecule has 2 N–H and O–H groups in total. The Morgan fingerprint density at radius 2 is 2.11 bits per heavy atom. The summed E-state index contributed by atoms with van der Waals surface area (Å²) < 4.78 is 5.52. The normalized spacial score (nSPS) is 12.9. The highest BCUT2D eigenvalue weighted by Gasteiger charge is 2.14. The van der Waals surface area contributed by atoms with Crippen LogP contribution in [0.15, 0.2) is 28.9 Å². The molecule has 19 heavy (non-hydrogen) atoms. The minimum absolute atomic E-state index is 0.0484. The summed E-state index contributed by atoms with van der Waals surface area (Å²) in [6.45, 7) is 5.93. The number of nitrogens with zero attached hydrogens (tertiary/aromatic N) is 1. The molecule has 1 atom stereocenters. The van der Waals surface area contributed by atoms with Crippen molar-refractivity contribution in [3.05, 3.63) is 30.0 Å². The van der Waals surface area contributed by atoms with E-state index in [0.717, 1.165) is 35.1 Å². The maximum atomic E-state index is 11.2. The fourth-order valence-corrected chi connectivity index (χ4v) is 2.27. The standard InChI is InChI=1S/C15H20N2O2/c1-10(2)17(9-18)14-7-12-4-5-19-15(12)13(8-14)6-11(3)16/h4-5,7-11H,6,16H2,1-3H3. The average Bonchev–Trinajstić information content (AvgIpc) is 2.77. The maximum absolute atomic E-state index is 11.2. The number of fused-ring (bicyclic) bond motifs is 1. The van der Waals surface area contributed by atoms with Gasteiger partial charge in [-0.3, -0.25) is 4.79 Å². The molecular weight excluding hydrogens is 240 g/mol. The summed E-state index contributed by atoms with van der Waals surface area (Å²) in [5.74, 6) is 0. The van der Waals surface area contributed by atoms with Crippen LogP contribution in [0.3, 0.4) is 0 Å². The van der Waals surface area contributed by atoms with Gasteiger partial charge >= 0.3 is 0 Å². The molecule has 4 nitrogen and oxygen atoms in total. The first-order valence-electron chi connectivity index (χ1n) is 6.52. The minimum atomic E-state index is 0.0484. The Hall–Kier alpha value is -1.81. The number of hydrogen-bond acceptors (Lipinski definition) is 3. The van der Waals surface area contributed by atoms with Crippen molar-refractivity contribution in [1.29, 1.82) is 0 Å². The summed E-state index contributed by atoms with van der Waals surface area (Å²) in [4.78, 5) is 12.9. The molecule has 1 aromatic heterocycles. The van der Waals surface area contributed by atoms with Crippen LogP contribution in [0.5, 0.6) is 0 Å². The number of anilines is 1. The first-order chi connectivity index (χ1) is 9.02. The largest absolute Gasteiger partial charge is 0.464 e. The van der Waals surface area contributed by atoms with E-state index in [0.29, 0.717) is 0 Å². The molecule has 1 amide bonds. The lowest BCUT2D eigenvalue weighted by Crippen LogP contribution is -2.29. The van der Waals surface area contributed by atoms with Crippen molar-refractivity contribution in [1.82, 2.24) is 0 Å². The van der Waals surface area contributed by atoms with Crippen molar-refractivity contribution in [2.45, 2.75) is 39.3 Å². The first kappa shape index (κ1) is 13.6. The maximum Gasteiger partial charge on any atom is 0.214 e. The summed E-state index contributed by atoms with van der Waals surface area (Å²) >= 11 is 0. The number of rotatable bonds is 5. The Bertz CT molecular complexity index is 573. The van der Waals surface area contributed by atoms with Gasteiger partial charge in [-0.05, 0) is 51.0 Å². The third kappa shape index (κ3) is 2.79.